The van der Waals surface area contributed by atoms with Crippen molar-refractivity contribution in [2.45, 2.75) is 52.2 Å². The van der Waals surface area contributed by atoms with Crippen LogP contribution in [0.4, 0.5) is 0 Å². The Labute approximate surface area is 184 Å². The third-order valence-corrected chi connectivity index (χ3v) is 5.81. The van der Waals surface area contributed by atoms with E-state index >= 15 is 0 Å². The lowest BCUT2D eigenvalue weighted by atomic mass is 9.95. The second-order valence-electron chi connectivity index (χ2n) is 8.96. The first-order valence-electron chi connectivity index (χ1n) is 10.4. The summed E-state index contributed by atoms with van der Waals surface area (Å²) in [6.07, 6.45) is 3.03. The fourth-order valence-electron chi connectivity index (χ4n) is 3.90. The van der Waals surface area contributed by atoms with Crippen molar-refractivity contribution < 1.29 is 29.6 Å². The summed E-state index contributed by atoms with van der Waals surface area (Å²) < 4.78 is 11.4. The number of aromatic hydroxyl groups is 3. The molecule has 7 nitrogen and oxygen atoms in total. The molecule has 1 aliphatic rings. The van der Waals surface area contributed by atoms with Crippen LogP contribution in [0.15, 0.2) is 45.3 Å². The number of ether oxygens (including phenoxy) is 1. The minimum absolute atomic E-state index is 0.0282. The Morgan fingerprint density at radius 3 is 2.53 bits per heavy atom. The highest BCUT2D eigenvalue weighted by Crippen LogP contribution is 2.43. The molecule has 0 saturated carbocycles. The van der Waals surface area contributed by atoms with Gasteiger partial charge in [-0.2, -0.15) is 0 Å². The van der Waals surface area contributed by atoms with Crippen LogP contribution < -0.4 is 10.2 Å². The van der Waals surface area contributed by atoms with E-state index in [1.54, 1.807) is 13.8 Å². The number of hydrogen-bond acceptors (Lipinski definition) is 7. The molecule has 2 heterocycles. The van der Waals surface area contributed by atoms with Gasteiger partial charge in [0, 0.05) is 29.2 Å². The highest BCUT2D eigenvalue weighted by atomic mass is 16.5. The van der Waals surface area contributed by atoms with Gasteiger partial charge in [0.15, 0.2) is 0 Å². The lowest BCUT2D eigenvalue weighted by Crippen LogP contribution is -2.39. The van der Waals surface area contributed by atoms with Gasteiger partial charge in [0.25, 0.3) is 0 Å². The lowest BCUT2D eigenvalue weighted by Gasteiger charge is -2.24. The predicted molar refractivity (Wildman–Crippen MR) is 120 cm³/mol. The molecule has 0 spiro atoms. The molecule has 0 fully saturated rings. The zero-order valence-corrected chi connectivity index (χ0v) is 18.4. The van der Waals surface area contributed by atoms with Gasteiger partial charge in [0.05, 0.1) is 11.2 Å². The van der Waals surface area contributed by atoms with Gasteiger partial charge in [0.2, 0.25) is 5.43 Å². The minimum Gasteiger partial charge on any atom is -0.508 e. The Bertz CT molecular complexity index is 1300. The molecule has 4 N–H and O–H groups in total. The van der Waals surface area contributed by atoms with Crippen LogP contribution in [0.1, 0.15) is 38.8 Å². The minimum atomic E-state index is -1.14. The monoisotopic (exact) mass is 438 g/mol. The molecule has 0 bridgehead atoms. The molecule has 2 aromatic carbocycles. The van der Waals surface area contributed by atoms with Crippen LogP contribution in [-0.2, 0) is 12.8 Å². The van der Waals surface area contributed by atoms with Gasteiger partial charge >= 0.3 is 0 Å². The van der Waals surface area contributed by atoms with E-state index in [1.807, 2.05) is 19.9 Å². The first-order valence-corrected chi connectivity index (χ1v) is 10.4. The number of hydrogen-bond donors (Lipinski definition) is 4. The third-order valence-electron chi connectivity index (χ3n) is 5.81. The lowest BCUT2D eigenvalue weighted by molar-refractivity contribution is -0.0229. The highest BCUT2D eigenvalue weighted by molar-refractivity contribution is 5.91. The maximum atomic E-state index is 13.3. The maximum Gasteiger partial charge on any atom is 0.204 e. The molecule has 1 aliphatic heterocycles. The van der Waals surface area contributed by atoms with Crippen LogP contribution in [0.5, 0.6) is 23.0 Å². The predicted octanol–water partition coefficient (Wildman–Crippen LogP) is 4.16. The largest absolute Gasteiger partial charge is 0.508 e. The van der Waals surface area contributed by atoms with Gasteiger partial charge in [0.1, 0.15) is 46.3 Å². The number of aliphatic hydroxyl groups is 1. The van der Waals surface area contributed by atoms with Gasteiger partial charge in [-0.05, 0) is 46.2 Å². The standard InChI is InChI=1S/C25H26O7/c1-12(2)5-6-14-17(26)8-7-13(22(14)27)16-11-31-19-10-18-15(23(28)21(19)24(16)29)9-20(32-18)25(3,4)30/h5,7-8,10-11,20,26-28,30H,6,9H2,1-4H3. The van der Waals surface area contributed by atoms with Gasteiger partial charge in [-0.25, -0.2) is 0 Å². The summed E-state index contributed by atoms with van der Waals surface area (Å²) in [6, 6.07) is 4.38. The van der Waals surface area contributed by atoms with Crippen molar-refractivity contribution >= 4 is 11.0 Å². The van der Waals surface area contributed by atoms with Crippen molar-refractivity contribution in [3.8, 4) is 34.1 Å². The van der Waals surface area contributed by atoms with Crippen molar-refractivity contribution in [3.05, 3.63) is 57.5 Å². The van der Waals surface area contributed by atoms with E-state index < -0.39 is 17.1 Å². The van der Waals surface area contributed by atoms with Crippen molar-refractivity contribution in [2.75, 3.05) is 0 Å². The second kappa shape index (κ2) is 7.60. The molecule has 0 radical (unpaired) electrons. The Morgan fingerprint density at radius 2 is 1.88 bits per heavy atom. The molecule has 168 valence electrons. The molecule has 0 saturated heterocycles. The fourth-order valence-corrected chi connectivity index (χ4v) is 3.90. The van der Waals surface area contributed by atoms with E-state index in [2.05, 4.69) is 0 Å². The zero-order valence-electron chi connectivity index (χ0n) is 18.4. The molecule has 3 aromatic rings. The summed E-state index contributed by atoms with van der Waals surface area (Å²) in [5.74, 6) is -0.206. The molecule has 1 aromatic heterocycles. The normalized spacial score (nSPS) is 15.5. The van der Waals surface area contributed by atoms with Crippen molar-refractivity contribution in [1.82, 2.24) is 0 Å². The van der Waals surface area contributed by atoms with Gasteiger partial charge < -0.3 is 29.6 Å². The third kappa shape index (κ3) is 3.58. The topological polar surface area (TPSA) is 120 Å². The maximum absolute atomic E-state index is 13.3. The van der Waals surface area contributed by atoms with E-state index in [0.717, 1.165) is 5.57 Å². The number of phenolic OH excluding ortho intramolecular Hbond substituents is 3. The molecule has 7 heteroatoms. The molecule has 32 heavy (non-hydrogen) atoms. The van der Waals surface area contributed by atoms with Crippen LogP contribution in [-0.4, -0.2) is 32.1 Å². The molecule has 1 unspecified atom stereocenters. The fraction of sp³-hybridized carbons (Fsp3) is 0.320. The number of rotatable bonds is 4. The summed E-state index contributed by atoms with van der Waals surface area (Å²) in [6.45, 7) is 7.04. The van der Waals surface area contributed by atoms with Crippen LogP contribution >= 0.6 is 0 Å². The number of phenols is 3. The molecule has 4 rings (SSSR count). The van der Waals surface area contributed by atoms with E-state index in [0.29, 0.717) is 23.3 Å². The number of benzene rings is 2. The van der Waals surface area contributed by atoms with E-state index in [1.165, 1.54) is 24.5 Å². The van der Waals surface area contributed by atoms with Gasteiger partial charge in [-0.1, -0.05) is 11.6 Å². The highest BCUT2D eigenvalue weighted by Gasteiger charge is 2.37. The van der Waals surface area contributed by atoms with Crippen LogP contribution in [0.25, 0.3) is 22.1 Å². The van der Waals surface area contributed by atoms with Crippen LogP contribution in [0, 0.1) is 0 Å². The first kappa shape index (κ1) is 21.8. The Morgan fingerprint density at radius 1 is 1.16 bits per heavy atom. The summed E-state index contributed by atoms with van der Waals surface area (Å²) in [7, 11) is 0. The SMILES string of the molecule is CC(C)=CCc1c(O)ccc(-c2coc3cc4c(c(O)c3c2=O)CC(C(C)(C)O)O4)c1O. The van der Waals surface area contributed by atoms with Crippen LogP contribution in [0.3, 0.4) is 0 Å². The molecular weight excluding hydrogens is 412 g/mol. The Kier molecular flexibility index (Phi) is 5.17. The second-order valence-corrected chi connectivity index (χ2v) is 8.96. The van der Waals surface area contributed by atoms with E-state index in [-0.39, 0.29) is 45.8 Å². The van der Waals surface area contributed by atoms with E-state index in [9.17, 15) is 25.2 Å². The van der Waals surface area contributed by atoms with Gasteiger partial charge in [-0.15, -0.1) is 0 Å². The Balaban J connectivity index is 1.87. The summed E-state index contributed by atoms with van der Waals surface area (Å²) in [4.78, 5) is 13.3. The van der Waals surface area contributed by atoms with Crippen molar-refractivity contribution in [3.63, 3.8) is 0 Å². The average Bonchev–Trinajstić information content (AvgIpc) is 3.14. The first-order chi connectivity index (χ1) is 15.0. The quantitative estimate of drug-likeness (QED) is 0.452. The van der Waals surface area contributed by atoms with Gasteiger partial charge in [-0.3, -0.25) is 4.79 Å². The van der Waals surface area contributed by atoms with Crippen LogP contribution in [0.2, 0.25) is 0 Å². The van der Waals surface area contributed by atoms with Crippen molar-refractivity contribution in [2.24, 2.45) is 0 Å². The zero-order chi connectivity index (χ0) is 23.4. The summed E-state index contributed by atoms with van der Waals surface area (Å²) >= 11 is 0. The molecule has 0 amide bonds. The number of fused-ring (bicyclic) bond motifs is 2. The smallest absolute Gasteiger partial charge is 0.204 e. The van der Waals surface area contributed by atoms with E-state index in [4.69, 9.17) is 9.15 Å². The molecule has 1 atom stereocenters. The molecule has 0 aliphatic carbocycles. The molecular formula is C25H26O7. The van der Waals surface area contributed by atoms with Crippen molar-refractivity contribution in [1.29, 1.82) is 0 Å². The number of allylic oxidation sites excluding steroid dienone is 2. The Hall–Kier alpha value is -3.45. The summed E-state index contributed by atoms with van der Waals surface area (Å²) in [5.41, 5.74) is 0.463. The summed E-state index contributed by atoms with van der Waals surface area (Å²) in [5, 5.41) is 42.1. The average molecular weight is 438 g/mol.